The maximum absolute atomic E-state index is 12.6. The molecule has 1 aromatic heterocycles. The number of benzene rings is 1. The van der Waals surface area contributed by atoms with Gasteiger partial charge in [-0.25, -0.2) is 0 Å². The van der Waals surface area contributed by atoms with E-state index >= 15 is 0 Å². The van der Waals surface area contributed by atoms with Crippen molar-refractivity contribution in [1.82, 2.24) is 19.6 Å². The third-order valence-corrected chi connectivity index (χ3v) is 5.56. The van der Waals surface area contributed by atoms with E-state index in [1.165, 1.54) is 0 Å². The van der Waals surface area contributed by atoms with Crippen molar-refractivity contribution in [3.63, 3.8) is 0 Å². The van der Waals surface area contributed by atoms with Crippen molar-refractivity contribution in [3.05, 3.63) is 53.3 Å². The summed E-state index contributed by atoms with van der Waals surface area (Å²) in [5.41, 5.74) is 2.37. The zero-order chi connectivity index (χ0) is 19.5. The molecule has 1 atom stereocenters. The first-order chi connectivity index (χ1) is 13.6. The van der Waals surface area contributed by atoms with Gasteiger partial charge in [0.2, 0.25) is 11.8 Å². The summed E-state index contributed by atoms with van der Waals surface area (Å²) in [6.07, 6.45) is 1.97. The molecule has 0 bridgehead atoms. The lowest BCUT2D eigenvalue weighted by molar-refractivity contribution is -0.133. The van der Waals surface area contributed by atoms with Gasteiger partial charge in [-0.05, 0) is 24.5 Å². The van der Waals surface area contributed by atoms with Gasteiger partial charge in [-0.3, -0.25) is 14.3 Å². The maximum atomic E-state index is 12.6. The molecule has 4 rings (SSSR count). The van der Waals surface area contributed by atoms with Gasteiger partial charge >= 0.3 is 0 Å². The summed E-state index contributed by atoms with van der Waals surface area (Å²) >= 11 is 0. The molecular formula is C21H26N4O3. The number of aliphatic hydroxyl groups excluding tert-OH is 1. The molecule has 28 heavy (non-hydrogen) atoms. The Bertz CT molecular complexity index is 849. The molecule has 2 aliphatic rings. The van der Waals surface area contributed by atoms with Crippen LogP contribution in [0.2, 0.25) is 0 Å². The van der Waals surface area contributed by atoms with Crippen LogP contribution in [0.15, 0.2) is 36.4 Å². The summed E-state index contributed by atoms with van der Waals surface area (Å²) in [6.45, 7) is 3.26. The van der Waals surface area contributed by atoms with Crippen molar-refractivity contribution in [2.45, 2.75) is 44.9 Å². The average Bonchev–Trinajstić information content (AvgIpc) is 3.33. The Morgan fingerprint density at radius 2 is 2.00 bits per heavy atom. The highest BCUT2D eigenvalue weighted by molar-refractivity contribution is 5.78. The first kappa shape index (κ1) is 18.7. The first-order valence-electron chi connectivity index (χ1n) is 9.97. The van der Waals surface area contributed by atoms with Gasteiger partial charge in [-0.15, -0.1) is 0 Å². The molecule has 7 nitrogen and oxygen atoms in total. The Morgan fingerprint density at radius 3 is 2.75 bits per heavy atom. The zero-order valence-electron chi connectivity index (χ0n) is 16.0. The number of aliphatic hydroxyl groups is 1. The molecule has 7 heteroatoms. The predicted octanol–water partition coefficient (Wildman–Crippen LogP) is 1.71. The second-order valence-corrected chi connectivity index (χ2v) is 7.50. The van der Waals surface area contributed by atoms with Crippen LogP contribution in [0.5, 0.6) is 0 Å². The standard InChI is InChI=1S/C21H26N4O3/c26-19-8-4-10-23(19)11-5-9-20(27)24-12-13-25-17(15-24)14-18(22-25)21(28)16-6-2-1-3-7-16/h1-3,6-7,14,21,28H,4-5,8-13,15H2/t21-/m0/s1. The molecule has 0 saturated carbocycles. The lowest BCUT2D eigenvalue weighted by Crippen LogP contribution is -2.38. The number of carbonyl (C=O) groups excluding carboxylic acids is 2. The smallest absolute Gasteiger partial charge is 0.223 e. The van der Waals surface area contributed by atoms with Gasteiger partial charge in [0.15, 0.2) is 0 Å². The van der Waals surface area contributed by atoms with E-state index in [4.69, 9.17) is 0 Å². The Morgan fingerprint density at radius 1 is 1.18 bits per heavy atom. The Balaban J connectivity index is 1.33. The number of nitrogens with zero attached hydrogens (tertiary/aromatic N) is 4. The molecule has 2 aromatic rings. The van der Waals surface area contributed by atoms with Crippen LogP contribution in [0.4, 0.5) is 0 Å². The zero-order valence-corrected chi connectivity index (χ0v) is 16.0. The van der Waals surface area contributed by atoms with E-state index < -0.39 is 6.10 Å². The highest BCUT2D eigenvalue weighted by Gasteiger charge is 2.25. The van der Waals surface area contributed by atoms with Crippen LogP contribution in [-0.2, 0) is 22.7 Å². The van der Waals surface area contributed by atoms with Crippen LogP contribution in [-0.4, -0.2) is 56.1 Å². The van der Waals surface area contributed by atoms with E-state index in [2.05, 4.69) is 5.10 Å². The van der Waals surface area contributed by atoms with Crippen molar-refractivity contribution in [2.75, 3.05) is 19.6 Å². The molecule has 1 aromatic carbocycles. The van der Waals surface area contributed by atoms with Crippen molar-refractivity contribution in [3.8, 4) is 0 Å². The molecule has 1 saturated heterocycles. The highest BCUT2D eigenvalue weighted by atomic mass is 16.3. The summed E-state index contributed by atoms with van der Waals surface area (Å²) in [6, 6.07) is 11.3. The number of aromatic nitrogens is 2. The number of rotatable bonds is 6. The number of likely N-dealkylation sites (tertiary alicyclic amines) is 1. The van der Waals surface area contributed by atoms with E-state index in [-0.39, 0.29) is 11.8 Å². The van der Waals surface area contributed by atoms with E-state index in [1.807, 2.05) is 50.9 Å². The summed E-state index contributed by atoms with van der Waals surface area (Å²) in [7, 11) is 0. The van der Waals surface area contributed by atoms with Gasteiger partial charge in [0.25, 0.3) is 0 Å². The van der Waals surface area contributed by atoms with Crippen LogP contribution >= 0.6 is 0 Å². The molecule has 0 spiro atoms. The Kier molecular flexibility index (Phi) is 5.43. The quantitative estimate of drug-likeness (QED) is 0.825. The summed E-state index contributed by atoms with van der Waals surface area (Å²) in [5, 5.41) is 15.1. The molecule has 3 heterocycles. The molecular weight excluding hydrogens is 356 g/mol. The second kappa shape index (κ2) is 8.14. The number of amides is 2. The lowest BCUT2D eigenvalue weighted by atomic mass is 10.1. The second-order valence-electron chi connectivity index (χ2n) is 7.50. The number of carbonyl (C=O) groups is 2. The SMILES string of the molecule is O=C1CCCN1CCCC(=O)N1CCn2nc([C@@H](O)c3ccccc3)cc2C1. The third-order valence-electron chi connectivity index (χ3n) is 5.56. The Hall–Kier alpha value is -2.67. The summed E-state index contributed by atoms with van der Waals surface area (Å²) < 4.78 is 1.88. The topological polar surface area (TPSA) is 78.7 Å². The lowest BCUT2D eigenvalue weighted by Gasteiger charge is -2.28. The van der Waals surface area contributed by atoms with Crippen molar-refractivity contribution in [1.29, 1.82) is 0 Å². The van der Waals surface area contributed by atoms with E-state index in [1.54, 1.807) is 0 Å². The fraction of sp³-hybridized carbons (Fsp3) is 0.476. The summed E-state index contributed by atoms with van der Waals surface area (Å²) in [4.78, 5) is 27.9. The molecule has 148 valence electrons. The van der Waals surface area contributed by atoms with Gasteiger partial charge in [-0.2, -0.15) is 5.10 Å². The third kappa shape index (κ3) is 3.94. The highest BCUT2D eigenvalue weighted by Crippen LogP contribution is 2.24. The molecule has 0 aliphatic carbocycles. The van der Waals surface area contributed by atoms with E-state index in [9.17, 15) is 14.7 Å². The Labute approximate surface area is 164 Å². The van der Waals surface area contributed by atoms with Gasteiger partial charge in [0.1, 0.15) is 6.10 Å². The number of fused-ring (bicyclic) bond motifs is 1. The molecule has 0 unspecified atom stereocenters. The van der Waals surface area contributed by atoms with Crippen LogP contribution in [0.25, 0.3) is 0 Å². The minimum Gasteiger partial charge on any atom is -0.382 e. The van der Waals surface area contributed by atoms with Gasteiger partial charge in [0, 0.05) is 32.5 Å². The average molecular weight is 382 g/mol. The fourth-order valence-electron chi connectivity index (χ4n) is 3.96. The van der Waals surface area contributed by atoms with Gasteiger partial charge in [0.05, 0.1) is 24.5 Å². The number of hydrogen-bond acceptors (Lipinski definition) is 4. The largest absolute Gasteiger partial charge is 0.382 e. The van der Waals surface area contributed by atoms with E-state index in [0.29, 0.717) is 51.1 Å². The van der Waals surface area contributed by atoms with Crippen LogP contribution in [0.1, 0.15) is 48.7 Å². The fourth-order valence-corrected chi connectivity index (χ4v) is 3.96. The molecule has 2 aliphatic heterocycles. The van der Waals surface area contributed by atoms with Gasteiger partial charge in [-0.1, -0.05) is 30.3 Å². The monoisotopic (exact) mass is 382 g/mol. The minimum atomic E-state index is -0.763. The maximum Gasteiger partial charge on any atom is 0.223 e. The van der Waals surface area contributed by atoms with Crippen LogP contribution < -0.4 is 0 Å². The minimum absolute atomic E-state index is 0.115. The van der Waals surface area contributed by atoms with Crippen molar-refractivity contribution < 1.29 is 14.7 Å². The molecule has 0 radical (unpaired) electrons. The van der Waals surface area contributed by atoms with E-state index in [0.717, 1.165) is 24.2 Å². The molecule has 2 amide bonds. The van der Waals surface area contributed by atoms with Crippen molar-refractivity contribution >= 4 is 11.8 Å². The summed E-state index contributed by atoms with van der Waals surface area (Å²) in [5.74, 6) is 0.322. The van der Waals surface area contributed by atoms with Gasteiger partial charge < -0.3 is 14.9 Å². The predicted molar refractivity (Wildman–Crippen MR) is 103 cm³/mol. The normalized spacial score (nSPS) is 17.7. The molecule has 1 fully saturated rings. The van der Waals surface area contributed by atoms with Crippen LogP contribution in [0.3, 0.4) is 0 Å². The van der Waals surface area contributed by atoms with Crippen molar-refractivity contribution in [2.24, 2.45) is 0 Å². The van der Waals surface area contributed by atoms with Crippen LogP contribution in [0, 0.1) is 0 Å². The first-order valence-corrected chi connectivity index (χ1v) is 9.97. The number of hydrogen-bond donors (Lipinski definition) is 1. The molecule has 1 N–H and O–H groups in total.